The number of aryl methyl sites for hydroxylation is 1. The Hall–Kier alpha value is -1.69. The van der Waals surface area contributed by atoms with E-state index in [4.69, 9.17) is 5.73 Å². The molecule has 0 radical (unpaired) electrons. The molecular formula is C12H11F2N3S. The van der Waals surface area contributed by atoms with Crippen LogP contribution in [0.4, 0.5) is 14.6 Å². The van der Waals surface area contributed by atoms with Gasteiger partial charge < -0.3 is 5.73 Å². The molecule has 1 aromatic heterocycles. The van der Waals surface area contributed by atoms with Gasteiger partial charge in [-0.05, 0) is 12.1 Å². The third-order valence-electron chi connectivity index (χ3n) is 2.19. The summed E-state index contributed by atoms with van der Waals surface area (Å²) in [4.78, 5) is 8.55. The average molecular weight is 267 g/mol. The predicted octanol–water partition coefficient (Wildman–Crippen LogP) is 3.05. The molecule has 1 heterocycles. The van der Waals surface area contributed by atoms with Gasteiger partial charge in [-0.25, -0.2) is 18.7 Å². The van der Waals surface area contributed by atoms with Crippen LogP contribution in [0.3, 0.4) is 0 Å². The van der Waals surface area contributed by atoms with E-state index < -0.39 is 11.6 Å². The van der Waals surface area contributed by atoms with Crippen molar-refractivity contribution in [2.75, 3.05) is 5.73 Å². The molecule has 2 N–H and O–H groups in total. The van der Waals surface area contributed by atoms with E-state index in [1.54, 1.807) is 6.07 Å². The Labute approximate surface area is 107 Å². The second-order valence-corrected chi connectivity index (χ2v) is 4.64. The van der Waals surface area contributed by atoms with Crippen LogP contribution in [0.1, 0.15) is 12.7 Å². The highest BCUT2D eigenvalue weighted by atomic mass is 32.2. The molecule has 0 aliphatic heterocycles. The van der Waals surface area contributed by atoms with Gasteiger partial charge in [-0.3, -0.25) is 0 Å². The zero-order valence-electron chi connectivity index (χ0n) is 9.65. The number of rotatable bonds is 3. The van der Waals surface area contributed by atoms with Crippen molar-refractivity contribution in [1.29, 1.82) is 0 Å². The zero-order valence-corrected chi connectivity index (χ0v) is 10.5. The van der Waals surface area contributed by atoms with Crippen molar-refractivity contribution in [3.8, 4) is 0 Å². The third kappa shape index (κ3) is 2.95. The molecule has 0 atom stereocenters. The van der Waals surface area contributed by atoms with Gasteiger partial charge in [0.2, 0.25) is 0 Å². The van der Waals surface area contributed by atoms with E-state index in [0.29, 0.717) is 28.0 Å². The molecule has 0 aliphatic carbocycles. The van der Waals surface area contributed by atoms with E-state index in [1.807, 2.05) is 6.92 Å². The van der Waals surface area contributed by atoms with Gasteiger partial charge in [0, 0.05) is 23.4 Å². The summed E-state index contributed by atoms with van der Waals surface area (Å²) in [5, 5.41) is 0.546. The summed E-state index contributed by atoms with van der Waals surface area (Å²) in [7, 11) is 0. The van der Waals surface area contributed by atoms with E-state index in [-0.39, 0.29) is 0 Å². The summed E-state index contributed by atoms with van der Waals surface area (Å²) in [6, 6.07) is 4.98. The fraction of sp³-hybridized carbons (Fsp3) is 0.167. The van der Waals surface area contributed by atoms with Crippen LogP contribution in [-0.2, 0) is 6.42 Å². The molecule has 0 fully saturated rings. The van der Waals surface area contributed by atoms with Gasteiger partial charge in [0.25, 0.3) is 0 Å². The Morgan fingerprint density at radius 2 is 2.00 bits per heavy atom. The van der Waals surface area contributed by atoms with Crippen LogP contribution in [0.25, 0.3) is 0 Å². The van der Waals surface area contributed by atoms with Crippen LogP contribution in [0, 0.1) is 11.6 Å². The number of nitrogens with zero attached hydrogens (tertiary/aromatic N) is 2. The van der Waals surface area contributed by atoms with E-state index in [2.05, 4.69) is 9.97 Å². The van der Waals surface area contributed by atoms with Gasteiger partial charge in [-0.2, -0.15) is 0 Å². The molecule has 2 aromatic rings. The van der Waals surface area contributed by atoms with E-state index >= 15 is 0 Å². The largest absolute Gasteiger partial charge is 0.384 e. The minimum atomic E-state index is -0.616. The molecule has 0 bridgehead atoms. The van der Waals surface area contributed by atoms with Crippen molar-refractivity contribution in [2.24, 2.45) is 0 Å². The first-order chi connectivity index (χ1) is 8.58. The van der Waals surface area contributed by atoms with Crippen molar-refractivity contribution in [1.82, 2.24) is 9.97 Å². The van der Waals surface area contributed by atoms with Crippen molar-refractivity contribution in [3.63, 3.8) is 0 Å². The summed E-state index contributed by atoms with van der Waals surface area (Å²) < 4.78 is 26.3. The Balaban J connectivity index is 2.30. The summed E-state index contributed by atoms with van der Waals surface area (Å²) in [6.45, 7) is 1.90. The highest BCUT2D eigenvalue weighted by molar-refractivity contribution is 7.99. The number of hydrogen-bond acceptors (Lipinski definition) is 4. The van der Waals surface area contributed by atoms with Crippen molar-refractivity contribution < 1.29 is 8.78 Å². The molecule has 0 spiro atoms. The molecular weight excluding hydrogens is 256 g/mol. The summed E-state index contributed by atoms with van der Waals surface area (Å²) in [5.41, 5.74) is 5.63. The lowest BCUT2D eigenvalue weighted by atomic mass is 10.3. The number of benzene rings is 1. The van der Waals surface area contributed by atoms with E-state index in [0.717, 1.165) is 17.8 Å². The van der Waals surface area contributed by atoms with Gasteiger partial charge in [0.15, 0.2) is 0 Å². The highest BCUT2D eigenvalue weighted by Crippen LogP contribution is 2.29. The quantitative estimate of drug-likeness (QED) is 0.868. The van der Waals surface area contributed by atoms with Gasteiger partial charge in [-0.1, -0.05) is 18.7 Å². The molecule has 18 heavy (non-hydrogen) atoms. The second kappa shape index (κ2) is 5.30. The van der Waals surface area contributed by atoms with E-state index in [9.17, 15) is 8.78 Å². The maximum absolute atomic E-state index is 13.5. The fourth-order valence-corrected chi connectivity index (χ4v) is 2.22. The molecule has 94 valence electrons. The molecule has 0 saturated carbocycles. The lowest BCUT2D eigenvalue weighted by Crippen LogP contribution is -1.99. The number of nitrogen functional groups attached to an aromatic ring is 1. The standard InChI is InChI=1S/C12H11F2N3S/c1-2-11-16-10(15)6-12(17-11)18-9-4-3-7(13)5-8(9)14/h3-6H,2H2,1H3,(H2,15,16,17). The summed E-state index contributed by atoms with van der Waals surface area (Å²) >= 11 is 1.09. The maximum atomic E-state index is 13.5. The molecule has 6 heteroatoms. The van der Waals surface area contributed by atoms with Crippen molar-refractivity contribution >= 4 is 17.6 Å². The number of aromatic nitrogens is 2. The molecule has 0 saturated heterocycles. The Morgan fingerprint density at radius 1 is 1.22 bits per heavy atom. The lowest BCUT2D eigenvalue weighted by molar-refractivity contribution is 0.565. The van der Waals surface area contributed by atoms with Gasteiger partial charge in [-0.15, -0.1) is 0 Å². The number of anilines is 1. The second-order valence-electron chi connectivity index (χ2n) is 3.58. The maximum Gasteiger partial charge on any atom is 0.140 e. The predicted molar refractivity (Wildman–Crippen MR) is 66.3 cm³/mol. The van der Waals surface area contributed by atoms with Gasteiger partial charge in [0.05, 0.1) is 0 Å². The Kier molecular flexibility index (Phi) is 3.76. The smallest absolute Gasteiger partial charge is 0.140 e. The SMILES string of the molecule is CCc1nc(N)cc(Sc2ccc(F)cc2F)n1. The monoisotopic (exact) mass is 267 g/mol. The topological polar surface area (TPSA) is 51.8 Å². The fourth-order valence-electron chi connectivity index (χ4n) is 1.37. The van der Waals surface area contributed by atoms with Crippen LogP contribution in [0.15, 0.2) is 34.2 Å². The first-order valence-electron chi connectivity index (χ1n) is 5.35. The lowest BCUT2D eigenvalue weighted by Gasteiger charge is -2.05. The summed E-state index contributed by atoms with van der Waals surface area (Å²) in [5.74, 6) is -0.282. The van der Waals surface area contributed by atoms with Crippen LogP contribution in [0.5, 0.6) is 0 Å². The Morgan fingerprint density at radius 3 is 2.67 bits per heavy atom. The minimum absolute atomic E-state index is 0.302. The van der Waals surface area contributed by atoms with E-state index in [1.165, 1.54) is 12.1 Å². The molecule has 3 nitrogen and oxygen atoms in total. The third-order valence-corrected chi connectivity index (χ3v) is 3.16. The normalized spacial score (nSPS) is 10.6. The molecule has 2 rings (SSSR count). The van der Waals surface area contributed by atoms with Crippen LogP contribution >= 0.6 is 11.8 Å². The Bertz CT molecular complexity index is 575. The van der Waals surface area contributed by atoms with Crippen LogP contribution in [0.2, 0.25) is 0 Å². The van der Waals surface area contributed by atoms with Crippen LogP contribution < -0.4 is 5.73 Å². The first kappa shape index (κ1) is 12.8. The molecule has 0 unspecified atom stereocenters. The minimum Gasteiger partial charge on any atom is -0.384 e. The number of hydrogen-bond donors (Lipinski definition) is 1. The van der Waals surface area contributed by atoms with Crippen LogP contribution in [-0.4, -0.2) is 9.97 Å². The van der Waals surface area contributed by atoms with Crippen molar-refractivity contribution in [2.45, 2.75) is 23.3 Å². The van der Waals surface area contributed by atoms with Gasteiger partial charge in [0.1, 0.15) is 28.3 Å². The molecule has 0 aliphatic rings. The van der Waals surface area contributed by atoms with Crippen molar-refractivity contribution in [3.05, 3.63) is 41.7 Å². The first-order valence-corrected chi connectivity index (χ1v) is 6.16. The number of nitrogens with two attached hydrogens (primary N) is 1. The highest BCUT2D eigenvalue weighted by Gasteiger charge is 2.08. The molecule has 0 amide bonds. The molecule has 1 aromatic carbocycles. The summed E-state index contributed by atoms with van der Waals surface area (Å²) in [6.07, 6.45) is 0.643. The number of halogens is 2. The average Bonchev–Trinajstić information content (AvgIpc) is 2.32. The zero-order chi connectivity index (χ0) is 13.1. The van der Waals surface area contributed by atoms with Gasteiger partial charge >= 0.3 is 0 Å².